The largest absolute Gasteiger partial charge is 0.469 e. The summed E-state index contributed by atoms with van der Waals surface area (Å²) in [5.74, 6) is -4.89. The lowest BCUT2D eigenvalue weighted by Gasteiger charge is -2.42. The number of benzene rings is 1. The van der Waals surface area contributed by atoms with E-state index in [9.17, 15) is 29.1 Å². The van der Waals surface area contributed by atoms with Gasteiger partial charge in [-0.25, -0.2) is 14.4 Å². The molecule has 2 aliphatic heterocycles. The van der Waals surface area contributed by atoms with E-state index in [-0.39, 0.29) is 6.61 Å². The summed E-state index contributed by atoms with van der Waals surface area (Å²) in [6.45, 7) is 0.864. The molecule has 13 nitrogen and oxygen atoms in total. The minimum atomic E-state index is -2.39. The quantitative estimate of drug-likeness (QED) is 0.303. The van der Waals surface area contributed by atoms with Crippen LogP contribution in [0.4, 0.5) is 0 Å². The van der Waals surface area contributed by atoms with Crippen LogP contribution < -0.4 is 0 Å². The van der Waals surface area contributed by atoms with Gasteiger partial charge in [0.05, 0.1) is 54.1 Å². The van der Waals surface area contributed by atoms with Crippen LogP contribution >= 0.6 is 0 Å². The van der Waals surface area contributed by atoms with Gasteiger partial charge in [-0.05, 0) is 12.5 Å². The normalized spacial score (nSPS) is 22.5. The second kappa shape index (κ2) is 11.7. The first-order chi connectivity index (χ1) is 18.1. The molecular formula is C25H30N2O11. The Morgan fingerprint density at radius 3 is 2.16 bits per heavy atom. The third-order valence-electron chi connectivity index (χ3n) is 6.45. The number of nitrogens with zero attached hydrogens (tertiary/aromatic N) is 2. The molecule has 1 aromatic rings. The third-order valence-corrected chi connectivity index (χ3v) is 6.45. The molecule has 0 bridgehead atoms. The standard InChI is InChI=1S/C25H30N2O11/c1-14(28)21(38-13-15-9-7-6-8-10-15)19-16(29)12-26-20(23(32)36-4)18(22(31)35-3)25(27(19)26,24(33)37-5)11-17(30)34-2/h6-10,14,19,21,28H,11-13H2,1-5H3/t14-,19-,21-,25-/m0/s1. The molecule has 0 aromatic heterocycles. The zero-order valence-corrected chi connectivity index (χ0v) is 21.7. The molecule has 38 heavy (non-hydrogen) atoms. The Balaban J connectivity index is 2.25. The number of carbonyl (C=O) groups excluding carboxylic acids is 5. The van der Waals surface area contributed by atoms with Crippen molar-refractivity contribution in [1.82, 2.24) is 10.0 Å². The van der Waals surface area contributed by atoms with Gasteiger partial charge in [-0.2, -0.15) is 5.01 Å². The molecule has 2 aliphatic rings. The average Bonchev–Trinajstić information content (AvgIpc) is 3.39. The second-order valence-electron chi connectivity index (χ2n) is 8.63. The van der Waals surface area contributed by atoms with Crippen LogP contribution in [0.2, 0.25) is 0 Å². The predicted molar refractivity (Wildman–Crippen MR) is 126 cm³/mol. The fourth-order valence-corrected chi connectivity index (χ4v) is 4.82. The minimum absolute atomic E-state index is 0.0165. The molecule has 0 radical (unpaired) electrons. The van der Waals surface area contributed by atoms with Gasteiger partial charge >= 0.3 is 23.9 Å². The third kappa shape index (κ3) is 4.87. The molecule has 1 fully saturated rings. The average molecular weight is 535 g/mol. The molecule has 0 amide bonds. The van der Waals surface area contributed by atoms with Gasteiger partial charge in [0.1, 0.15) is 17.7 Å². The SMILES string of the molecule is COC(=O)C[C@@]1(C(=O)OC)C(C(=O)OC)=C(C(=O)OC)N2CC(=O)[C@@H]([C@@H](OCc3ccccc3)[C@H](C)O)N21. The first-order valence-electron chi connectivity index (χ1n) is 11.6. The van der Waals surface area contributed by atoms with E-state index in [1.54, 1.807) is 24.3 Å². The van der Waals surface area contributed by atoms with E-state index in [1.165, 1.54) is 6.92 Å². The number of ether oxygens (including phenoxy) is 5. The number of hydrogen-bond acceptors (Lipinski definition) is 13. The van der Waals surface area contributed by atoms with Crippen molar-refractivity contribution in [3.63, 3.8) is 0 Å². The van der Waals surface area contributed by atoms with Crippen molar-refractivity contribution in [2.75, 3.05) is 35.0 Å². The Morgan fingerprint density at radius 1 is 1.00 bits per heavy atom. The fraction of sp³-hybridized carbons (Fsp3) is 0.480. The van der Waals surface area contributed by atoms with Crippen molar-refractivity contribution in [3.8, 4) is 0 Å². The van der Waals surface area contributed by atoms with Crippen LogP contribution in [-0.4, -0.2) is 104 Å². The predicted octanol–water partition coefficient (Wildman–Crippen LogP) is -0.488. The van der Waals surface area contributed by atoms with Crippen LogP contribution in [0.1, 0.15) is 18.9 Å². The molecule has 0 spiro atoms. The number of hydrazine groups is 1. The molecule has 0 aliphatic carbocycles. The van der Waals surface area contributed by atoms with E-state index in [0.717, 1.165) is 44.0 Å². The van der Waals surface area contributed by atoms with Crippen molar-refractivity contribution < 1.29 is 52.8 Å². The molecule has 13 heteroatoms. The summed E-state index contributed by atoms with van der Waals surface area (Å²) in [7, 11) is 4.15. The zero-order chi connectivity index (χ0) is 28.2. The van der Waals surface area contributed by atoms with Crippen molar-refractivity contribution >= 4 is 29.7 Å². The maximum atomic E-state index is 13.5. The Kier molecular flexibility index (Phi) is 8.86. The molecule has 1 saturated heterocycles. The summed E-state index contributed by atoms with van der Waals surface area (Å²) < 4.78 is 25.5. The highest BCUT2D eigenvalue weighted by Gasteiger charge is 2.69. The number of ketones is 1. The lowest BCUT2D eigenvalue weighted by atomic mass is 9.83. The van der Waals surface area contributed by atoms with Gasteiger partial charge in [0.2, 0.25) is 0 Å². The molecule has 4 atom stereocenters. The summed E-state index contributed by atoms with van der Waals surface area (Å²) in [5.41, 5.74) is -2.72. The Labute approximate surface area is 218 Å². The second-order valence-corrected chi connectivity index (χ2v) is 8.63. The fourth-order valence-electron chi connectivity index (χ4n) is 4.82. The lowest BCUT2D eigenvalue weighted by molar-refractivity contribution is -0.178. The number of aliphatic hydroxyl groups excluding tert-OH is 1. The van der Waals surface area contributed by atoms with Crippen molar-refractivity contribution in [2.24, 2.45) is 0 Å². The molecule has 3 rings (SSSR count). The van der Waals surface area contributed by atoms with E-state index in [0.29, 0.717) is 0 Å². The molecule has 1 N–H and O–H groups in total. The summed E-state index contributed by atoms with van der Waals surface area (Å²) in [6.07, 6.45) is -3.39. The van der Waals surface area contributed by atoms with Crippen LogP contribution in [0.5, 0.6) is 0 Å². The Morgan fingerprint density at radius 2 is 1.63 bits per heavy atom. The molecular weight excluding hydrogens is 504 g/mol. The van der Waals surface area contributed by atoms with Crippen LogP contribution in [0.15, 0.2) is 41.6 Å². The first kappa shape index (κ1) is 28.8. The summed E-state index contributed by atoms with van der Waals surface area (Å²) >= 11 is 0. The van der Waals surface area contributed by atoms with Crippen LogP contribution in [-0.2, 0) is 54.3 Å². The molecule has 0 unspecified atom stereocenters. The van der Waals surface area contributed by atoms with E-state index >= 15 is 0 Å². The van der Waals surface area contributed by atoms with Crippen LogP contribution in [0.25, 0.3) is 0 Å². The number of fused-ring (bicyclic) bond motifs is 1. The molecule has 1 aromatic carbocycles. The molecule has 2 heterocycles. The van der Waals surface area contributed by atoms with Gasteiger partial charge in [-0.1, -0.05) is 30.3 Å². The van der Waals surface area contributed by atoms with E-state index in [4.69, 9.17) is 23.7 Å². The highest BCUT2D eigenvalue weighted by Crippen LogP contribution is 2.48. The highest BCUT2D eigenvalue weighted by atomic mass is 16.5. The topological polar surface area (TPSA) is 158 Å². The van der Waals surface area contributed by atoms with Gasteiger partial charge in [0.25, 0.3) is 0 Å². The Bertz CT molecular complexity index is 1130. The van der Waals surface area contributed by atoms with Crippen molar-refractivity contribution in [2.45, 2.75) is 43.7 Å². The number of methoxy groups -OCH3 is 4. The van der Waals surface area contributed by atoms with Gasteiger partial charge in [-0.3, -0.25) is 14.6 Å². The van der Waals surface area contributed by atoms with Crippen LogP contribution in [0, 0.1) is 0 Å². The van der Waals surface area contributed by atoms with Gasteiger partial charge < -0.3 is 28.8 Å². The highest BCUT2D eigenvalue weighted by molar-refractivity contribution is 6.11. The maximum Gasteiger partial charge on any atom is 0.356 e. The zero-order valence-electron chi connectivity index (χ0n) is 21.7. The van der Waals surface area contributed by atoms with Crippen molar-refractivity contribution in [1.29, 1.82) is 0 Å². The van der Waals surface area contributed by atoms with Gasteiger partial charge in [-0.15, -0.1) is 0 Å². The van der Waals surface area contributed by atoms with E-state index < -0.39 is 77.7 Å². The van der Waals surface area contributed by atoms with Gasteiger partial charge in [0.15, 0.2) is 17.0 Å². The smallest absolute Gasteiger partial charge is 0.356 e. The number of aliphatic hydroxyl groups is 1. The minimum Gasteiger partial charge on any atom is -0.469 e. The van der Waals surface area contributed by atoms with Gasteiger partial charge in [0, 0.05) is 0 Å². The maximum absolute atomic E-state index is 13.5. The first-order valence-corrected chi connectivity index (χ1v) is 11.6. The molecule has 0 saturated carbocycles. The lowest BCUT2D eigenvalue weighted by Crippen LogP contribution is -2.64. The van der Waals surface area contributed by atoms with Crippen LogP contribution in [0.3, 0.4) is 0 Å². The number of Topliss-reactive ketones (excluding diaryl/α,β-unsaturated/α-hetero) is 1. The molecule has 206 valence electrons. The monoisotopic (exact) mass is 534 g/mol. The number of carbonyl (C=O) groups is 5. The Hall–Kier alpha value is -3.81. The number of esters is 4. The number of rotatable bonds is 10. The van der Waals surface area contributed by atoms with E-state index in [2.05, 4.69) is 0 Å². The summed E-state index contributed by atoms with van der Waals surface area (Å²) in [6, 6.07) is 7.49. The summed E-state index contributed by atoms with van der Waals surface area (Å²) in [4.78, 5) is 65.7. The van der Waals surface area contributed by atoms with Crippen molar-refractivity contribution in [3.05, 3.63) is 47.2 Å². The number of hydrogen-bond donors (Lipinski definition) is 1. The van der Waals surface area contributed by atoms with E-state index in [1.807, 2.05) is 6.07 Å². The summed E-state index contributed by atoms with van der Waals surface area (Å²) in [5, 5.41) is 12.8.